The number of Topliss-reactive ketones (excluding diaryl/α,β-unsaturated/α-hetero) is 1. The van der Waals surface area contributed by atoms with Crippen LogP contribution in [0.15, 0.2) is 6.07 Å². The van der Waals surface area contributed by atoms with Gasteiger partial charge in [-0.25, -0.2) is 0 Å². The lowest BCUT2D eigenvalue weighted by atomic mass is 10.1. The lowest BCUT2D eigenvalue weighted by molar-refractivity contribution is -0.121. The Morgan fingerprint density at radius 1 is 1.33 bits per heavy atom. The Balaban J connectivity index is 1.73. The van der Waals surface area contributed by atoms with E-state index in [9.17, 15) is 14.7 Å². The van der Waals surface area contributed by atoms with Gasteiger partial charge in [-0.2, -0.15) is 0 Å². The quantitative estimate of drug-likeness (QED) is 0.794. The van der Waals surface area contributed by atoms with Crippen LogP contribution in [-0.2, 0) is 4.79 Å². The second-order valence-corrected chi connectivity index (χ2v) is 7.27. The Morgan fingerprint density at radius 2 is 2.10 bits per heavy atom. The minimum Gasteiger partial charge on any atom is -0.393 e. The van der Waals surface area contributed by atoms with Crippen LogP contribution in [0.25, 0.3) is 0 Å². The average molecular weight is 309 g/mol. The second kappa shape index (κ2) is 7.18. The van der Waals surface area contributed by atoms with E-state index in [2.05, 4.69) is 5.32 Å². The molecule has 0 radical (unpaired) electrons. The van der Waals surface area contributed by atoms with Gasteiger partial charge in [0.05, 0.1) is 6.10 Å². The summed E-state index contributed by atoms with van der Waals surface area (Å²) in [5.74, 6) is 0.103. The van der Waals surface area contributed by atoms with E-state index in [1.807, 2.05) is 19.9 Å². The molecule has 1 aromatic rings. The molecule has 5 heteroatoms. The molecule has 1 fully saturated rings. The van der Waals surface area contributed by atoms with Crippen molar-refractivity contribution in [2.45, 2.75) is 52.1 Å². The predicted molar refractivity (Wildman–Crippen MR) is 83.7 cm³/mol. The topological polar surface area (TPSA) is 66.4 Å². The van der Waals surface area contributed by atoms with Crippen molar-refractivity contribution in [1.29, 1.82) is 0 Å². The minimum absolute atomic E-state index is 0.0351. The molecule has 1 saturated carbocycles. The van der Waals surface area contributed by atoms with Crippen molar-refractivity contribution in [3.05, 3.63) is 21.4 Å². The molecule has 2 atom stereocenters. The highest BCUT2D eigenvalue weighted by molar-refractivity contribution is 7.12. The molecule has 0 spiro atoms. The summed E-state index contributed by atoms with van der Waals surface area (Å²) in [5, 5.41) is 12.5. The Labute approximate surface area is 129 Å². The lowest BCUT2D eigenvalue weighted by Crippen LogP contribution is -2.32. The number of aryl methyl sites for hydroxylation is 2. The highest BCUT2D eigenvalue weighted by Crippen LogP contribution is 2.25. The number of hydrogen-bond acceptors (Lipinski definition) is 4. The SMILES string of the molecule is Cc1cc(C(=O)CCC(=O)NCC2CCCC2O)c(C)s1. The zero-order valence-corrected chi connectivity index (χ0v) is 13.5. The maximum Gasteiger partial charge on any atom is 0.220 e. The minimum atomic E-state index is -0.289. The Bertz CT molecular complexity index is 524. The summed E-state index contributed by atoms with van der Waals surface area (Å²) in [5.41, 5.74) is 0.747. The predicted octanol–water partition coefficient (Wildman–Crippen LogP) is 2.61. The van der Waals surface area contributed by atoms with E-state index in [0.717, 1.165) is 34.6 Å². The van der Waals surface area contributed by atoms with Crippen LogP contribution in [0, 0.1) is 19.8 Å². The van der Waals surface area contributed by atoms with Gasteiger partial charge in [-0.1, -0.05) is 6.42 Å². The summed E-state index contributed by atoms with van der Waals surface area (Å²) in [6.45, 7) is 4.44. The number of hydrogen-bond donors (Lipinski definition) is 2. The lowest BCUT2D eigenvalue weighted by Gasteiger charge is -2.14. The molecule has 4 nitrogen and oxygen atoms in total. The Hall–Kier alpha value is -1.20. The summed E-state index contributed by atoms with van der Waals surface area (Å²) < 4.78 is 0. The molecule has 1 amide bonds. The first-order valence-electron chi connectivity index (χ1n) is 7.52. The molecule has 1 heterocycles. The summed E-state index contributed by atoms with van der Waals surface area (Å²) in [6, 6.07) is 1.90. The van der Waals surface area contributed by atoms with Crippen LogP contribution >= 0.6 is 11.3 Å². The average Bonchev–Trinajstić information content (AvgIpc) is 2.99. The smallest absolute Gasteiger partial charge is 0.220 e. The number of thiophene rings is 1. The largest absolute Gasteiger partial charge is 0.393 e. The highest BCUT2D eigenvalue weighted by atomic mass is 32.1. The number of amides is 1. The molecule has 116 valence electrons. The van der Waals surface area contributed by atoms with Crippen LogP contribution < -0.4 is 5.32 Å². The molecule has 0 bridgehead atoms. The Kier molecular flexibility index (Phi) is 5.53. The molecule has 0 aliphatic heterocycles. The number of nitrogens with one attached hydrogen (secondary N) is 1. The molecule has 1 aromatic heterocycles. The fraction of sp³-hybridized carbons (Fsp3) is 0.625. The van der Waals surface area contributed by atoms with E-state index in [1.165, 1.54) is 0 Å². The van der Waals surface area contributed by atoms with E-state index in [-0.39, 0.29) is 36.6 Å². The van der Waals surface area contributed by atoms with Crippen molar-refractivity contribution in [2.75, 3.05) is 6.54 Å². The van der Waals surface area contributed by atoms with Gasteiger partial charge in [-0.3, -0.25) is 9.59 Å². The molecule has 2 rings (SSSR count). The maximum absolute atomic E-state index is 12.1. The zero-order chi connectivity index (χ0) is 15.4. The van der Waals surface area contributed by atoms with E-state index in [4.69, 9.17) is 0 Å². The van der Waals surface area contributed by atoms with Gasteiger partial charge < -0.3 is 10.4 Å². The summed E-state index contributed by atoms with van der Waals surface area (Å²) in [7, 11) is 0. The number of aliphatic hydroxyl groups is 1. The van der Waals surface area contributed by atoms with Crippen molar-refractivity contribution in [3.8, 4) is 0 Å². The van der Waals surface area contributed by atoms with Crippen LogP contribution in [0.4, 0.5) is 0 Å². The molecule has 0 aromatic carbocycles. The van der Waals surface area contributed by atoms with Gasteiger partial charge >= 0.3 is 0 Å². The molecule has 1 aliphatic rings. The number of carbonyl (C=O) groups is 2. The van der Waals surface area contributed by atoms with Gasteiger partial charge in [-0.15, -0.1) is 11.3 Å². The molecule has 21 heavy (non-hydrogen) atoms. The first kappa shape index (κ1) is 16.2. The third-order valence-corrected chi connectivity index (χ3v) is 5.07. The number of carbonyl (C=O) groups excluding carboxylic acids is 2. The van der Waals surface area contributed by atoms with Crippen LogP contribution in [0.5, 0.6) is 0 Å². The second-order valence-electron chi connectivity index (χ2n) is 5.81. The van der Waals surface area contributed by atoms with Crippen LogP contribution in [0.3, 0.4) is 0 Å². The highest BCUT2D eigenvalue weighted by Gasteiger charge is 2.25. The first-order chi connectivity index (χ1) is 9.97. The maximum atomic E-state index is 12.1. The summed E-state index contributed by atoms with van der Waals surface area (Å²) in [6.07, 6.45) is 3.00. The zero-order valence-electron chi connectivity index (χ0n) is 12.6. The normalized spacial score (nSPS) is 21.5. The van der Waals surface area contributed by atoms with E-state index in [0.29, 0.717) is 6.54 Å². The van der Waals surface area contributed by atoms with Crippen LogP contribution in [-0.4, -0.2) is 29.4 Å². The van der Waals surface area contributed by atoms with E-state index >= 15 is 0 Å². The van der Waals surface area contributed by atoms with Crippen LogP contribution in [0.2, 0.25) is 0 Å². The third-order valence-electron chi connectivity index (χ3n) is 4.10. The van der Waals surface area contributed by atoms with Gasteiger partial charge in [0.25, 0.3) is 0 Å². The van der Waals surface area contributed by atoms with Crippen molar-refractivity contribution in [1.82, 2.24) is 5.32 Å². The van der Waals surface area contributed by atoms with Crippen LogP contribution in [0.1, 0.15) is 52.2 Å². The Morgan fingerprint density at radius 3 is 2.67 bits per heavy atom. The van der Waals surface area contributed by atoms with E-state index in [1.54, 1.807) is 11.3 Å². The molecule has 2 unspecified atom stereocenters. The van der Waals surface area contributed by atoms with Crippen molar-refractivity contribution in [2.24, 2.45) is 5.92 Å². The molecule has 0 saturated heterocycles. The summed E-state index contributed by atoms with van der Waals surface area (Å²) in [4.78, 5) is 26.0. The molecular weight excluding hydrogens is 286 g/mol. The number of ketones is 1. The third kappa shape index (κ3) is 4.38. The molecular formula is C16H23NO3S. The van der Waals surface area contributed by atoms with Gasteiger partial charge in [0, 0.05) is 40.6 Å². The van der Waals surface area contributed by atoms with Crippen molar-refractivity contribution >= 4 is 23.0 Å². The van der Waals surface area contributed by atoms with Gasteiger partial charge in [0.1, 0.15) is 0 Å². The molecule has 2 N–H and O–H groups in total. The van der Waals surface area contributed by atoms with Gasteiger partial charge in [0.2, 0.25) is 5.91 Å². The monoisotopic (exact) mass is 309 g/mol. The van der Waals surface area contributed by atoms with Gasteiger partial charge in [-0.05, 0) is 32.8 Å². The van der Waals surface area contributed by atoms with E-state index < -0.39 is 0 Å². The standard InChI is InChI=1S/C16H23NO3S/c1-10-8-13(11(2)21-10)15(19)6-7-16(20)17-9-12-4-3-5-14(12)18/h8,12,14,18H,3-7,9H2,1-2H3,(H,17,20). The van der Waals surface area contributed by atoms with Crippen molar-refractivity contribution < 1.29 is 14.7 Å². The fourth-order valence-corrected chi connectivity index (χ4v) is 3.80. The van der Waals surface area contributed by atoms with Crippen molar-refractivity contribution in [3.63, 3.8) is 0 Å². The number of rotatable bonds is 6. The summed E-state index contributed by atoms with van der Waals surface area (Å²) >= 11 is 1.61. The first-order valence-corrected chi connectivity index (χ1v) is 8.34. The van der Waals surface area contributed by atoms with Gasteiger partial charge in [0.15, 0.2) is 5.78 Å². The fourth-order valence-electron chi connectivity index (χ4n) is 2.86. The number of aliphatic hydroxyl groups excluding tert-OH is 1. The molecule has 1 aliphatic carbocycles.